The lowest BCUT2D eigenvalue weighted by Gasteiger charge is -2.15. The van der Waals surface area contributed by atoms with Crippen LogP contribution in [0.25, 0.3) is 0 Å². The largest absolute Gasteiger partial charge is 0.496 e. The first-order chi connectivity index (χ1) is 10.0. The minimum atomic E-state index is 0.589. The molecule has 0 atom stereocenters. The Labute approximate surface area is 145 Å². The zero-order valence-electron chi connectivity index (χ0n) is 11.5. The Kier molecular flexibility index (Phi) is 5.79. The molecule has 2 rings (SSSR count). The van der Waals surface area contributed by atoms with Gasteiger partial charge in [0.05, 0.1) is 24.4 Å². The van der Waals surface area contributed by atoms with Gasteiger partial charge in [0.15, 0.2) is 5.75 Å². The van der Waals surface area contributed by atoms with Crippen molar-refractivity contribution in [3.05, 3.63) is 49.9 Å². The van der Waals surface area contributed by atoms with Gasteiger partial charge in [0.1, 0.15) is 5.75 Å². The molecule has 0 amide bonds. The molecule has 0 fully saturated rings. The van der Waals surface area contributed by atoms with Gasteiger partial charge in [-0.15, -0.1) is 0 Å². The summed E-state index contributed by atoms with van der Waals surface area (Å²) in [6, 6.07) is 9.50. The molecule has 0 aliphatic rings. The van der Waals surface area contributed by atoms with E-state index in [0.717, 1.165) is 25.9 Å². The molecule has 3 nitrogen and oxygen atoms in total. The molecule has 1 N–H and O–H groups in total. The van der Waals surface area contributed by atoms with E-state index < -0.39 is 0 Å². The topological polar surface area (TPSA) is 30.5 Å². The van der Waals surface area contributed by atoms with E-state index in [2.05, 4.69) is 37.2 Å². The number of hydrogen-bond acceptors (Lipinski definition) is 3. The van der Waals surface area contributed by atoms with E-state index in [4.69, 9.17) is 21.1 Å². The normalized spacial score (nSPS) is 10.3. The summed E-state index contributed by atoms with van der Waals surface area (Å²) >= 11 is 13.0. The SMILES string of the molecule is COc1ccc(Br)cc1CNc1cc(Cl)cc(Br)c1OC. The van der Waals surface area contributed by atoms with Gasteiger partial charge in [0.2, 0.25) is 0 Å². The Balaban J connectivity index is 2.26. The Morgan fingerprint density at radius 3 is 2.52 bits per heavy atom. The molecule has 0 spiro atoms. The molecule has 2 aromatic rings. The van der Waals surface area contributed by atoms with Crippen LogP contribution in [0.4, 0.5) is 5.69 Å². The third-order valence-electron chi connectivity index (χ3n) is 2.92. The molecule has 0 saturated carbocycles. The van der Waals surface area contributed by atoms with E-state index >= 15 is 0 Å². The summed E-state index contributed by atoms with van der Waals surface area (Å²) in [6.45, 7) is 0.589. The second-order valence-electron chi connectivity index (χ2n) is 4.28. The molecule has 0 bridgehead atoms. The predicted octanol–water partition coefficient (Wildman–Crippen LogP) is 5.49. The van der Waals surface area contributed by atoms with Crippen molar-refractivity contribution in [2.45, 2.75) is 6.54 Å². The van der Waals surface area contributed by atoms with Gasteiger partial charge in [-0.3, -0.25) is 0 Å². The van der Waals surface area contributed by atoms with Crippen molar-refractivity contribution >= 4 is 49.1 Å². The molecular weight excluding hydrogens is 421 g/mol. The monoisotopic (exact) mass is 433 g/mol. The van der Waals surface area contributed by atoms with Gasteiger partial charge in [-0.2, -0.15) is 0 Å². The van der Waals surface area contributed by atoms with Crippen molar-refractivity contribution in [3.63, 3.8) is 0 Å². The van der Waals surface area contributed by atoms with Crippen LogP contribution in [-0.2, 0) is 6.54 Å². The molecule has 21 heavy (non-hydrogen) atoms. The summed E-state index contributed by atoms with van der Waals surface area (Å²) in [5.74, 6) is 1.54. The number of benzene rings is 2. The first kappa shape index (κ1) is 16.5. The summed E-state index contributed by atoms with van der Waals surface area (Å²) in [4.78, 5) is 0. The van der Waals surface area contributed by atoms with Crippen molar-refractivity contribution < 1.29 is 9.47 Å². The van der Waals surface area contributed by atoms with Crippen molar-refractivity contribution in [1.82, 2.24) is 0 Å². The van der Waals surface area contributed by atoms with Crippen LogP contribution in [0, 0.1) is 0 Å². The lowest BCUT2D eigenvalue weighted by Crippen LogP contribution is -2.03. The first-order valence-corrected chi connectivity index (χ1v) is 8.11. The lowest BCUT2D eigenvalue weighted by atomic mass is 10.2. The minimum Gasteiger partial charge on any atom is -0.496 e. The van der Waals surface area contributed by atoms with Gasteiger partial charge in [0.25, 0.3) is 0 Å². The first-order valence-electron chi connectivity index (χ1n) is 6.14. The number of rotatable bonds is 5. The highest BCUT2D eigenvalue weighted by Crippen LogP contribution is 2.37. The summed E-state index contributed by atoms with van der Waals surface area (Å²) in [5.41, 5.74) is 1.85. The fourth-order valence-corrected chi connectivity index (χ4v) is 3.36. The minimum absolute atomic E-state index is 0.589. The summed E-state index contributed by atoms with van der Waals surface area (Å²) in [5, 5.41) is 3.95. The van der Waals surface area contributed by atoms with Crippen molar-refractivity contribution in [2.75, 3.05) is 19.5 Å². The standard InChI is InChI=1S/C15H14Br2ClNO2/c1-20-14-4-3-10(16)5-9(14)8-19-13-7-11(18)6-12(17)15(13)21-2/h3-7,19H,8H2,1-2H3. The van der Waals surface area contributed by atoms with Crippen LogP contribution in [0.1, 0.15) is 5.56 Å². The molecule has 112 valence electrons. The zero-order valence-corrected chi connectivity index (χ0v) is 15.5. The van der Waals surface area contributed by atoms with E-state index in [1.54, 1.807) is 20.3 Å². The molecule has 0 unspecified atom stereocenters. The van der Waals surface area contributed by atoms with Crippen molar-refractivity contribution in [3.8, 4) is 11.5 Å². The van der Waals surface area contributed by atoms with Crippen molar-refractivity contribution in [1.29, 1.82) is 0 Å². The van der Waals surface area contributed by atoms with Crippen LogP contribution in [0.5, 0.6) is 11.5 Å². The van der Waals surface area contributed by atoms with Gasteiger partial charge >= 0.3 is 0 Å². The summed E-state index contributed by atoms with van der Waals surface area (Å²) in [7, 11) is 3.28. The molecule has 0 heterocycles. The third-order valence-corrected chi connectivity index (χ3v) is 4.22. The maximum Gasteiger partial charge on any atom is 0.156 e. The maximum atomic E-state index is 6.09. The molecule has 2 aromatic carbocycles. The van der Waals surface area contributed by atoms with Crippen LogP contribution in [0.2, 0.25) is 5.02 Å². The van der Waals surface area contributed by atoms with Crippen LogP contribution >= 0.6 is 43.5 Å². The molecule has 0 radical (unpaired) electrons. The quantitative estimate of drug-likeness (QED) is 0.673. The number of anilines is 1. The van der Waals surface area contributed by atoms with Gasteiger partial charge in [-0.25, -0.2) is 0 Å². The van der Waals surface area contributed by atoms with Gasteiger partial charge in [0, 0.05) is 21.6 Å². The number of methoxy groups -OCH3 is 2. The van der Waals surface area contributed by atoms with Crippen LogP contribution in [0.3, 0.4) is 0 Å². The fraction of sp³-hybridized carbons (Fsp3) is 0.200. The van der Waals surface area contributed by atoms with E-state index in [1.807, 2.05) is 24.3 Å². The fourth-order valence-electron chi connectivity index (χ4n) is 1.97. The highest BCUT2D eigenvalue weighted by molar-refractivity contribution is 9.10. The second kappa shape index (κ2) is 7.38. The Bertz CT molecular complexity index is 650. The number of halogens is 3. The van der Waals surface area contributed by atoms with Crippen molar-refractivity contribution in [2.24, 2.45) is 0 Å². The number of nitrogens with one attached hydrogen (secondary N) is 1. The van der Waals surface area contributed by atoms with E-state index in [9.17, 15) is 0 Å². The van der Waals surface area contributed by atoms with Gasteiger partial charge in [-0.05, 0) is 46.3 Å². The lowest BCUT2D eigenvalue weighted by molar-refractivity contribution is 0.409. The molecule has 6 heteroatoms. The highest BCUT2D eigenvalue weighted by atomic mass is 79.9. The maximum absolute atomic E-state index is 6.09. The van der Waals surface area contributed by atoms with Crippen LogP contribution in [-0.4, -0.2) is 14.2 Å². The molecule has 0 aliphatic carbocycles. The second-order valence-corrected chi connectivity index (χ2v) is 6.48. The predicted molar refractivity (Wildman–Crippen MR) is 93.7 cm³/mol. The Morgan fingerprint density at radius 1 is 1.10 bits per heavy atom. The molecule has 0 saturated heterocycles. The average molecular weight is 436 g/mol. The van der Waals surface area contributed by atoms with Gasteiger partial charge in [-0.1, -0.05) is 27.5 Å². The van der Waals surface area contributed by atoms with E-state index in [1.165, 1.54) is 0 Å². The third kappa shape index (κ3) is 4.05. The van der Waals surface area contributed by atoms with E-state index in [0.29, 0.717) is 17.3 Å². The molecule has 0 aliphatic heterocycles. The Hall–Kier alpha value is -0.910. The number of hydrogen-bond donors (Lipinski definition) is 1. The van der Waals surface area contributed by atoms with E-state index in [-0.39, 0.29) is 0 Å². The Morgan fingerprint density at radius 2 is 1.86 bits per heavy atom. The van der Waals surface area contributed by atoms with Crippen LogP contribution in [0.15, 0.2) is 39.3 Å². The highest BCUT2D eigenvalue weighted by Gasteiger charge is 2.10. The summed E-state index contributed by atoms with van der Waals surface area (Å²) in [6.07, 6.45) is 0. The van der Waals surface area contributed by atoms with Crippen LogP contribution < -0.4 is 14.8 Å². The zero-order chi connectivity index (χ0) is 15.4. The average Bonchev–Trinajstić information content (AvgIpc) is 2.44. The van der Waals surface area contributed by atoms with Gasteiger partial charge < -0.3 is 14.8 Å². The summed E-state index contributed by atoms with van der Waals surface area (Å²) < 4.78 is 12.6. The smallest absolute Gasteiger partial charge is 0.156 e. The molecule has 0 aromatic heterocycles. The molecular formula is C15H14Br2ClNO2. The number of ether oxygens (including phenoxy) is 2.